The minimum absolute atomic E-state index is 0.00563. The molecule has 3 fully saturated rings. The first kappa shape index (κ1) is 24.3. The van der Waals surface area contributed by atoms with Crippen LogP contribution in [0.2, 0.25) is 0 Å². The van der Waals surface area contributed by atoms with E-state index >= 15 is 0 Å². The molecule has 0 aliphatic carbocycles. The maximum absolute atomic E-state index is 13.4. The number of fused-ring (bicyclic) bond motifs is 1. The Bertz CT molecular complexity index is 1020. The summed E-state index contributed by atoms with van der Waals surface area (Å²) in [6.45, 7) is 8.74. The highest BCUT2D eigenvalue weighted by molar-refractivity contribution is 8.01. The standard InChI is InChI=1S/C22H32N4O5S2/c1-4-25(5-2)33(29,30)16-6-7-18(24-10-12-31-13-11-24)17(14-16)23-21(28)19-15-32-22(3)9-8-20(27)26(19)22/h6-7,14,19H,4-5,8-13,15H2,1-3H3,(H,23,28)/t19-,22-/m1/s1. The summed E-state index contributed by atoms with van der Waals surface area (Å²) < 4.78 is 33.1. The smallest absolute Gasteiger partial charge is 0.248 e. The number of morpholine rings is 1. The number of hydrogen-bond donors (Lipinski definition) is 1. The fourth-order valence-corrected chi connectivity index (χ4v) is 7.72. The molecular weight excluding hydrogens is 464 g/mol. The van der Waals surface area contributed by atoms with Crippen molar-refractivity contribution in [3.8, 4) is 0 Å². The van der Waals surface area contributed by atoms with Gasteiger partial charge in [-0.25, -0.2) is 8.42 Å². The zero-order valence-corrected chi connectivity index (χ0v) is 21.0. The van der Waals surface area contributed by atoms with Gasteiger partial charge in [-0.2, -0.15) is 4.31 Å². The largest absolute Gasteiger partial charge is 0.378 e. The van der Waals surface area contributed by atoms with Crippen molar-refractivity contribution in [1.82, 2.24) is 9.21 Å². The van der Waals surface area contributed by atoms with Crippen LogP contribution in [0.5, 0.6) is 0 Å². The van der Waals surface area contributed by atoms with Gasteiger partial charge in [0.1, 0.15) is 6.04 Å². The Morgan fingerprint density at radius 2 is 1.97 bits per heavy atom. The van der Waals surface area contributed by atoms with Crippen molar-refractivity contribution in [3.63, 3.8) is 0 Å². The summed E-state index contributed by atoms with van der Waals surface area (Å²) in [6.07, 6.45) is 1.18. The van der Waals surface area contributed by atoms with Crippen molar-refractivity contribution in [2.24, 2.45) is 0 Å². The summed E-state index contributed by atoms with van der Waals surface area (Å²) in [5.74, 6) is 0.237. The van der Waals surface area contributed by atoms with E-state index in [4.69, 9.17) is 4.74 Å². The fourth-order valence-electron chi connectivity index (χ4n) is 4.80. The predicted molar refractivity (Wildman–Crippen MR) is 129 cm³/mol. The number of amides is 2. The Hall–Kier alpha value is -1.82. The van der Waals surface area contributed by atoms with E-state index in [0.717, 1.165) is 12.1 Å². The Labute approximate surface area is 199 Å². The van der Waals surface area contributed by atoms with Gasteiger partial charge in [0.2, 0.25) is 21.8 Å². The van der Waals surface area contributed by atoms with Crippen LogP contribution in [0.4, 0.5) is 11.4 Å². The molecule has 4 rings (SSSR count). The van der Waals surface area contributed by atoms with E-state index in [1.807, 2.05) is 6.92 Å². The summed E-state index contributed by atoms with van der Waals surface area (Å²) in [5.41, 5.74) is 1.20. The SMILES string of the molecule is CCN(CC)S(=O)(=O)c1ccc(N2CCOCC2)c(NC(=O)[C@H]2CS[C@]3(C)CCC(=O)N23)c1. The molecule has 1 aromatic carbocycles. The first-order valence-electron chi connectivity index (χ1n) is 11.4. The lowest BCUT2D eigenvalue weighted by Crippen LogP contribution is -2.48. The van der Waals surface area contributed by atoms with Crippen LogP contribution in [0.3, 0.4) is 0 Å². The molecule has 0 bridgehead atoms. The monoisotopic (exact) mass is 496 g/mol. The minimum Gasteiger partial charge on any atom is -0.378 e. The van der Waals surface area contributed by atoms with Crippen LogP contribution in [0.25, 0.3) is 0 Å². The number of sulfonamides is 1. The highest BCUT2D eigenvalue weighted by atomic mass is 32.2. The number of benzene rings is 1. The second-order valence-corrected chi connectivity index (χ2v) is 12.1. The van der Waals surface area contributed by atoms with E-state index in [2.05, 4.69) is 10.2 Å². The molecular formula is C22H32N4O5S2. The number of hydrogen-bond acceptors (Lipinski definition) is 7. The van der Waals surface area contributed by atoms with E-state index in [-0.39, 0.29) is 21.6 Å². The Balaban J connectivity index is 1.67. The quantitative estimate of drug-likeness (QED) is 0.616. The van der Waals surface area contributed by atoms with E-state index in [1.165, 1.54) is 4.31 Å². The van der Waals surface area contributed by atoms with Gasteiger partial charge in [-0.1, -0.05) is 13.8 Å². The molecule has 3 aliphatic rings. The van der Waals surface area contributed by atoms with Crippen molar-refractivity contribution in [2.75, 3.05) is 55.4 Å². The lowest BCUT2D eigenvalue weighted by molar-refractivity contribution is -0.135. The van der Waals surface area contributed by atoms with Crippen molar-refractivity contribution < 1.29 is 22.7 Å². The van der Waals surface area contributed by atoms with Crippen molar-refractivity contribution >= 4 is 45.0 Å². The van der Waals surface area contributed by atoms with Crippen molar-refractivity contribution in [3.05, 3.63) is 18.2 Å². The zero-order valence-electron chi connectivity index (χ0n) is 19.4. The third-order valence-electron chi connectivity index (χ3n) is 6.67. The number of rotatable bonds is 7. The second-order valence-electron chi connectivity index (χ2n) is 8.62. The van der Waals surface area contributed by atoms with Gasteiger partial charge in [0.05, 0.1) is 34.4 Å². The third-order valence-corrected chi connectivity index (χ3v) is 10.2. The number of carbonyl (C=O) groups is 2. The highest BCUT2D eigenvalue weighted by Crippen LogP contribution is 2.47. The van der Waals surface area contributed by atoms with Crippen LogP contribution >= 0.6 is 11.8 Å². The number of nitrogens with zero attached hydrogens (tertiary/aromatic N) is 3. The van der Waals surface area contributed by atoms with E-state index in [9.17, 15) is 18.0 Å². The molecule has 9 nitrogen and oxygen atoms in total. The van der Waals surface area contributed by atoms with Gasteiger partial charge in [0.15, 0.2) is 0 Å². The molecule has 0 spiro atoms. The summed E-state index contributed by atoms with van der Waals surface area (Å²) in [6, 6.07) is 4.33. The Morgan fingerprint density at radius 1 is 1.27 bits per heavy atom. The van der Waals surface area contributed by atoms with E-state index in [0.29, 0.717) is 57.3 Å². The van der Waals surface area contributed by atoms with Crippen LogP contribution in [0.1, 0.15) is 33.6 Å². The number of ether oxygens (including phenoxy) is 1. The van der Waals surface area contributed by atoms with Crippen molar-refractivity contribution in [1.29, 1.82) is 0 Å². The molecule has 0 aromatic heterocycles. The van der Waals surface area contributed by atoms with Crippen LogP contribution < -0.4 is 10.2 Å². The number of nitrogens with one attached hydrogen (secondary N) is 1. The molecule has 11 heteroatoms. The summed E-state index contributed by atoms with van der Waals surface area (Å²) in [7, 11) is -3.69. The average molecular weight is 497 g/mol. The van der Waals surface area contributed by atoms with Gasteiger partial charge in [-0.15, -0.1) is 11.8 Å². The number of anilines is 2. The average Bonchev–Trinajstić information content (AvgIpc) is 3.30. The van der Waals surface area contributed by atoms with Gasteiger partial charge in [0, 0.05) is 38.4 Å². The minimum atomic E-state index is -3.69. The summed E-state index contributed by atoms with van der Waals surface area (Å²) >= 11 is 1.63. The van der Waals surface area contributed by atoms with Gasteiger partial charge in [-0.3, -0.25) is 9.59 Å². The molecule has 1 N–H and O–H groups in total. The molecule has 182 valence electrons. The molecule has 0 radical (unpaired) electrons. The molecule has 2 amide bonds. The molecule has 3 saturated heterocycles. The molecule has 1 aromatic rings. The maximum Gasteiger partial charge on any atom is 0.248 e. The lowest BCUT2D eigenvalue weighted by atomic mass is 10.2. The molecule has 2 atom stereocenters. The van der Waals surface area contributed by atoms with Gasteiger partial charge < -0.3 is 19.9 Å². The van der Waals surface area contributed by atoms with Crippen LogP contribution in [0, 0.1) is 0 Å². The molecule has 3 aliphatic heterocycles. The second kappa shape index (κ2) is 9.44. The fraction of sp³-hybridized carbons (Fsp3) is 0.636. The molecule has 33 heavy (non-hydrogen) atoms. The molecule has 0 saturated carbocycles. The maximum atomic E-state index is 13.4. The van der Waals surface area contributed by atoms with Crippen LogP contribution in [0.15, 0.2) is 23.1 Å². The molecule has 3 heterocycles. The van der Waals surface area contributed by atoms with Crippen molar-refractivity contribution in [2.45, 2.75) is 49.4 Å². The normalized spacial score (nSPS) is 25.6. The van der Waals surface area contributed by atoms with Gasteiger partial charge in [0.25, 0.3) is 0 Å². The van der Waals surface area contributed by atoms with E-state index < -0.39 is 16.1 Å². The Morgan fingerprint density at radius 3 is 2.64 bits per heavy atom. The van der Waals surface area contributed by atoms with Crippen LogP contribution in [-0.2, 0) is 24.3 Å². The lowest BCUT2D eigenvalue weighted by Gasteiger charge is -2.32. The highest BCUT2D eigenvalue weighted by Gasteiger charge is 2.53. The van der Waals surface area contributed by atoms with Gasteiger partial charge >= 0.3 is 0 Å². The predicted octanol–water partition coefficient (Wildman–Crippen LogP) is 1.95. The molecule has 0 unspecified atom stereocenters. The summed E-state index contributed by atoms with van der Waals surface area (Å²) in [5, 5.41) is 2.98. The van der Waals surface area contributed by atoms with E-state index in [1.54, 1.807) is 48.7 Å². The van der Waals surface area contributed by atoms with Gasteiger partial charge in [-0.05, 0) is 31.5 Å². The first-order chi connectivity index (χ1) is 15.7. The summed E-state index contributed by atoms with van der Waals surface area (Å²) in [4.78, 5) is 29.4. The topological polar surface area (TPSA) is 99.3 Å². The zero-order chi connectivity index (χ0) is 23.8. The van der Waals surface area contributed by atoms with Crippen LogP contribution in [-0.4, -0.2) is 85.5 Å². The Kier molecular flexibility index (Phi) is 6.95. The first-order valence-corrected chi connectivity index (χ1v) is 13.9. The number of carbonyl (C=O) groups excluding carboxylic acids is 2. The number of thioether (sulfide) groups is 1. The third kappa shape index (κ3) is 4.48.